The molecule has 0 fully saturated rings. The Hall–Kier alpha value is -0.830. The van der Waals surface area contributed by atoms with Crippen LogP contribution < -0.4 is 0 Å². The number of carbonyl (C=O) groups excluding carboxylic acids is 1. The van der Waals surface area contributed by atoms with Crippen LogP contribution in [0.1, 0.15) is 20.3 Å². The molecule has 1 atom stereocenters. The van der Waals surface area contributed by atoms with Crippen LogP contribution in [0.15, 0.2) is 12.2 Å². The molecule has 0 aliphatic carbocycles. The lowest BCUT2D eigenvalue weighted by Gasteiger charge is -2.13. The van der Waals surface area contributed by atoms with Crippen molar-refractivity contribution in [2.45, 2.75) is 26.4 Å². The molecule has 0 heterocycles. The molecule has 0 saturated heterocycles. The molecule has 70 valence electrons. The molecular formula is C9H16O3. The first-order valence-electron chi connectivity index (χ1n) is 3.94. The fraction of sp³-hybridized carbons (Fsp3) is 0.667. The summed E-state index contributed by atoms with van der Waals surface area (Å²) >= 11 is 0. The van der Waals surface area contributed by atoms with E-state index in [-0.39, 0.29) is 5.57 Å². The van der Waals surface area contributed by atoms with Crippen LogP contribution in [0.5, 0.6) is 0 Å². The fourth-order valence-electron chi connectivity index (χ4n) is 0.856. The molecule has 12 heavy (non-hydrogen) atoms. The van der Waals surface area contributed by atoms with Gasteiger partial charge in [0, 0.05) is 0 Å². The first-order chi connectivity index (χ1) is 5.49. The number of ether oxygens (including phenoxy) is 1. The van der Waals surface area contributed by atoms with Gasteiger partial charge < -0.3 is 9.84 Å². The van der Waals surface area contributed by atoms with E-state index in [1.807, 2.05) is 13.8 Å². The van der Waals surface area contributed by atoms with E-state index >= 15 is 0 Å². The number of methoxy groups -OCH3 is 1. The maximum absolute atomic E-state index is 10.9. The van der Waals surface area contributed by atoms with E-state index in [0.717, 1.165) is 0 Å². The molecule has 0 bridgehead atoms. The lowest BCUT2D eigenvalue weighted by Crippen LogP contribution is -2.19. The highest BCUT2D eigenvalue weighted by atomic mass is 16.5. The Labute approximate surface area is 73.0 Å². The van der Waals surface area contributed by atoms with Crippen LogP contribution in [0.4, 0.5) is 0 Å². The van der Waals surface area contributed by atoms with E-state index in [4.69, 9.17) is 0 Å². The highest BCUT2D eigenvalue weighted by molar-refractivity contribution is 5.88. The molecule has 0 spiro atoms. The van der Waals surface area contributed by atoms with Gasteiger partial charge in [-0.3, -0.25) is 0 Å². The molecule has 0 saturated carbocycles. The zero-order chi connectivity index (χ0) is 9.72. The summed E-state index contributed by atoms with van der Waals surface area (Å²) in [7, 11) is 1.27. The predicted octanol–water partition coefficient (Wildman–Crippen LogP) is 1.12. The standard InChI is InChI=1S/C9H16O3/c1-6(2)5-8(10)7(3)9(11)12-4/h6,8,10H,3,5H2,1-2,4H3. The van der Waals surface area contributed by atoms with Crippen LogP contribution in [-0.4, -0.2) is 24.3 Å². The van der Waals surface area contributed by atoms with Crippen molar-refractivity contribution < 1.29 is 14.6 Å². The summed E-state index contributed by atoms with van der Waals surface area (Å²) in [6.45, 7) is 7.39. The maximum atomic E-state index is 10.9. The Morgan fingerprint density at radius 2 is 2.08 bits per heavy atom. The summed E-state index contributed by atoms with van der Waals surface area (Å²) in [6, 6.07) is 0. The second kappa shape index (κ2) is 4.93. The Morgan fingerprint density at radius 1 is 1.58 bits per heavy atom. The number of hydrogen-bond acceptors (Lipinski definition) is 3. The maximum Gasteiger partial charge on any atom is 0.335 e. The SMILES string of the molecule is C=C(C(=O)OC)C(O)CC(C)C. The minimum Gasteiger partial charge on any atom is -0.466 e. The van der Waals surface area contributed by atoms with Gasteiger partial charge in [-0.2, -0.15) is 0 Å². The van der Waals surface area contributed by atoms with Crippen LogP contribution in [0, 0.1) is 5.92 Å². The molecule has 0 aromatic rings. The minimum atomic E-state index is -0.780. The number of aliphatic hydroxyl groups excluding tert-OH is 1. The van der Waals surface area contributed by atoms with Gasteiger partial charge >= 0.3 is 5.97 Å². The van der Waals surface area contributed by atoms with Crippen molar-refractivity contribution in [1.82, 2.24) is 0 Å². The molecule has 0 aliphatic heterocycles. The highest BCUT2D eigenvalue weighted by Crippen LogP contribution is 2.11. The Morgan fingerprint density at radius 3 is 2.42 bits per heavy atom. The van der Waals surface area contributed by atoms with E-state index in [1.165, 1.54) is 7.11 Å². The summed E-state index contributed by atoms with van der Waals surface area (Å²) < 4.78 is 4.42. The summed E-state index contributed by atoms with van der Waals surface area (Å²) in [5, 5.41) is 9.39. The Balaban J connectivity index is 4.01. The third-order valence-corrected chi connectivity index (χ3v) is 1.54. The molecule has 1 unspecified atom stereocenters. The average Bonchev–Trinajstić information content (AvgIpc) is 2.00. The van der Waals surface area contributed by atoms with Gasteiger partial charge in [0.05, 0.1) is 18.8 Å². The second-order valence-electron chi connectivity index (χ2n) is 3.16. The van der Waals surface area contributed by atoms with Crippen molar-refractivity contribution in [3.63, 3.8) is 0 Å². The van der Waals surface area contributed by atoms with Gasteiger partial charge in [-0.15, -0.1) is 0 Å². The lowest BCUT2D eigenvalue weighted by molar-refractivity contribution is -0.137. The fourth-order valence-corrected chi connectivity index (χ4v) is 0.856. The Kier molecular flexibility index (Phi) is 4.59. The van der Waals surface area contributed by atoms with Gasteiger partial charge in [0.2, 0.25) is 0 Å². The lowest BCUT2D eigenvalue weighted by atomic mass is 10.0. The summed E-state index contributed by atoms with van der Waals surface area (Å²) in [4.78, 5) is 10.9. The largest absolute Gasteiger partial charge is 0.466 e. The zero-order valence-corrected chi connectivity index (χ0v) is 7.83. The molecule has 0 aromatic heterocycles. The average molecular weight is 172 g/mol. The third-order valence-electron chi connectivity index (χ3n) is 1.54. The minimum absolute atomic E-state index is 0.131. The van der Waals surface area contributed by atoms with Crippen molar-refractivity contribution in [2.24, 2.45) is 5.92 Å². The molecule has 3 nitrogen and oxygen atoms in total. The number of hydrogen-bond donors (Lipinski definition) is 1. The van der Waals surface area contributed by atoms with E-state index in [1.54, 1.807) is 0 Å². The first-order valence-corrected chi connectivity index (χ1v) is 3.94. The van der Waals surface area contributed by atoms with Crippen molar-refractivity contribution in [3.05, 3.63) is 12.2 Å². The van der Waals surface area contributed by atoms with Gasteiger partial charge in [-0.05, 0) is 12.3 Å². The Bertz CT molecular complexity index is 173. The van der Waals surface area contributed by atoms with Gasteiger partial charge in [-0.1, -0.05) is 20.4 Å². The first kappa shape index (κ1) is 11.2. The van der Waals surface area contributed by atoms with Crippen LogP contribution in [0.25, 0.3) is 0 Å². The summed E-state index contributed by atoms with van der Waals surface area (Å²) in [5.41, 5.74) is 0.131. The molecule has 0 aliphatic rings. The monoisotopic (exact) mass is 172 g/mol. The zero-order valence-electron chi connectivity index (χ0n) is 7.83. The van der Waals surface area contributed by atoms with Crippen molar-refractivity contribution in [3.8, 4) is 0 Å². The molecule has 0 aromatic carbocycles. The molecule has 0 amide bonds. The normalized spacial score (nSPS) is 12.8. The predicted molar refractivity (Wildman–Crippen MR) is 46.6 cm³/mol. The number of esters is 1. The van der Waals surface area contributed by atoms with E-state index < -0.39 is 12.1 Å². The van der Waals surface area contributed by atoms with E-state index in [9.17, 15) is 9.90 Å². The molecule has 3 heteroatoms. The highest BCUT2D eigenvalue weighted by Gasteiger charge is 2.17. The van der Waals surface area contributed by atoms with Crippen LogP contribution in [0.3, 0.4) is 0 Å². The summed E-state index contributed by atoms with van der Waals surface area (Å²) in [6.07, 6.45) is -0.244. The van der Waals surface area contributed by atoms with Crippen molar-refractivity contribution in [1.29, 1.82) is 0 Å². The topological polar surface area (TPSA) is 46.5 Å². The van der Waals surface area contributed by atoms with Crippen LogP contribution >= 0.6 is 0 Å². The number of aliphatic hydroxyl groups is 1. The molecule has 0 radical (unpaired) electrons. The van der Waals surface area contributed by atoms with E-state index in [0.29, 0.717) is 12.3 Å². The number of rotatable bonds is 4. The van der Waals surface area contributed by atoms with Crippen molar-refractivity contribution >= 4 is 5.97 Å². The van der Waals surface area contributed by atoms with Crippen LogP contribution in [-0.2, 0) is 9.53 Å². The molecule has 0 rings (SSSR count). The molecule has 1 N–H and O–H groups in total. The van der Waals surface area contributed by atoms with Gasteiger partial charge in [0.25, 0.3) is 0 Å². The second-order valence-corrected chi connectivity index (χ2v) is 3.16. The molecular weight excluding hydrogens is 156 g/mol. The number of carbonyl (C=O) groups is 1. The van der Waals surface area contributed by atoms with E-state index in [2.05, 4.69) is 11.3 Å². The summed E-state index contributed by atoms with van der Waals surface area (Å²) in [5.74, 6) is -0.204. The van der Waals surface area contributed by atoms with Gasteiger partial charge in [-0.25, -0.2) is 4.79 Å². The van der Waals surface area contributed by atoms with Gasteiger partial charge in [0.1, 0.15) is 0 Å². The van der Waals surface area contributed by atoms with Crippen LogP contribution in [0.2, 0.25) is 0 Å². The third kappa shape index (κ3) is 3.53. The quantitative estimate of drug-likeness (QED) is 0.510. The smallest absolute Gasteiger partial charge is 0.335 e. The van der Waals surface area contributed by atoms with Crippen molar-refractivity contribution in [2.75, 3.05) is 7.11 Å². The van der Waals surface area contributed by atoms with Gasteiger partial charge in [0.15, 0.2) is 0 Å².